The molecule has 2 aromatic heterocycles. The van der Waals surface area contributed by atoms with Gasteiger partial charge in [0.05, 0.1) is 18.4 Å². The summed E-state index contributed by atoms with van der Waals surface area (Å²) in [5.74, 6) is -0.578. The molecule has 0 amide bonds. The standard InChI is InChI=1S/C16H14N4O2/c1-19-6-5-10-3-4-12(7-13(10)19)20-9-11(8-17)14(18)15(20)16(21)22-2/h3-7,9H,18H2,1-2H3. The number of nitriles is 1. The van der Waals surface area contributed by atoms with Crippen molar-refractivity contribution in [2.75, 3.05) is 12.8 Å². The van der Waals surface area contributed by atoms with Gasteiger partial charge in [-0.25, -0.2) is 4.79 Å². The van der Waals surface area contributed by atoms with E-state index in [0.717, 1.165) is 16.6 Å². The van der Waals surface area contributed by atoms with Crippen LogP contribution in [-0.2, 0) is 11.8 Å². The molecule has 0 radical (unpaired) electrons. The van der Waals surface area contributed by atoms with Gasteiger partial charge in [0, 0.05) is 30.6 Å². The van der Waals surface area contributed by atoms with E-state index in [0.29, 0.717) is 0 Å². The molecule has 0 fully saturated rings. The number of benzene rings is 1. The van der Waals surface area contributed by atoms with Crippen molar-refractivity contribution in [3.05, 3.63) is 47.9 Å². The maximum atomic E-state index is 12.0. The van der Waals surface area contributed by atoms with Crippen LogP contribution in [-0.4, -0.2) is 22.2 Å². The van der Waals surface area contributed by atoms with Crippen LogP contribution in [0.3, 0.4) is 0 Å². The van der Waals surface area contributed by atoms with Gasteiger partial charge in [0.15, 0.2) is 5.69 Å². The number of hydrogen-bond donors (Lipinski definition) is 1. The second kappa shape index (κ2) is 4.97. The van der Waals surface area contributed by atoms with Crippen LogP contribution in [0.2, 0.25) is 0 Å². The first-order valence-electron chi connectivity index (χ1n) is 6.61. The quantitative estimate of drug-likeness (QED) is 0.734. The summed E-state index contributed by atoms with van der Waals surface area (Å²) in [6.07, 6.45) is 3.51. The summed E-state index contributed by atoms with van der Waals surface area (Å²) in [7, 11) is 3.23. The highest BCUT2D eigenvalue weighted by Gasteiger charge is 2.21. The molecule has 3 aromatic rings. The zero-order valence-electron chi connectivity index (χ0n) is 12.2. The summed E-state index contributed by atoms with van der Waals surface area (Å²) in [6.45, 7) is 0. The number of aromatic nitrogens is 2. The Labute approximate surface area is 126 Å². The fraction of sp³-hybridized carbons (Fsp3) is 0.125. The number of nitrogens with zero attached hydrogens (tertiary/aromatic N) is 3. The number of fused-ring (bicyclic) bond motifs is 1. The fourth-order valence-corrected chi connectivity index (χ4v) is 2.52. The Kier molecular flexibility index (Phi) is 3.11. The molecule has 0 aliphatic carbocycles. The van der Waals surface area contributed by atoms with Gasteiger partial charge < -0.3 is 19.6 Å². The van der Waals surface area contributed by atoms with Crippen LogP contribution in [0.25, 0.3) is 16.6 Å². The predicted molar refractivity (Wildman–Crippen MR) is 82.7 cm³/mol. The molecule has 0 saturated carbocycles. The first-order valence-corrected chi connectivity index (χ1v) is 6.61. The number of rotatable bonds is 2. The largest absolute Gasteiger partial charge is 0.464 e. The summed E-state index contributed by atoms with van der Waals surface area (Å²) < 4.78 is 8.35. The Morgan fingerprint density at radius 3 is 2.82 bits per heavy atom. The molecule has 0 spiro atoms. The lowest BCUT2D eigenvalue weighted by Gasteiger charge is -2.09. The highest BCUT2D eigenvalue weighted by molar-refractivity contribution is 5.96. The minimum atomic E-state index is -0.578. The molecule has 110 valence electrons. The van der Waals surface area contributed by atoms with E-state index in [4.69, 9.17) is 15.7 Å². The van der Waals surface area contributed by atoms with Gasteiger partial charge in [-0.05, 0) is 23.6 Å². The van der Waals surface area contributed by atoms with Crippen LogP contribution in [0.15, 0.2) is 36.7 Å². The van der Waals surface area contributed by atoms with E-state index in [9.17, 15) is 4.79 Å². The SMILES string of the molecule is COC(=O)c1c(N)c(C#N)cn1-c1ccc2ccn(C)c2c1. The van der Waals surface area contributed by atoms with Crippen molar-refractivity contribution in [3.8, 4) is 11.8 Å². The third kappa shape index (κ3) is 1.91. The van der Waals surface area contributed by atoms with Gasteiger partial charge in [0.1, 0.15) is 6.07 Å². The van der Waals surface area contributed by atoms with Gasteiger partial charge >= 0.3 is 5.97 Å². The Morgan fingerprint density at radius 1 is 1.36 bits per heavy atom. The van der Waals surface area contributed by atoms with E-state index in [2.05, 4.69) is 0 Å². The van der Waals surface area contributed by atoms with Gasteiger partial charge in [-0.2, -0.15) is 5.26 Å². The number of esters is 1. The maximum Gasteiger partial charge on any atom is 0.357 e. The van der Waals surface area contributed by atoms with E-state index in [-0.39, 0.29) is 16.9 Å². The third-order valence-corrected chi connectivity index (χ3v) is 3.69. The van der Waals surface area contributed by atoms with Crippen LogP contribution in [0.4, 0.5) is 5.69 Å². The average Bonchev–Trinajstić information content (AvgIpc) is 3.07. The summed E-state index contributed by atoms with van der Waals surface area (Å²) in [5, 5.41) is 10.2. The fourth-order valence-electron chi connectivity index (χ4n) is 2.52. The van der Waals surface area contributed by atoms with Crippen molar-refractivity contribution in [1.82, 2.24) is 9.13 Å². The molecule has 0 aliphatic heterocycles. The van der Waals surface area contributed by atoms with Gasteiger partial charge in [-0.1, -0.05) is 6.07 Å². The zero-order chi connectivity index (χ0) is 15.9. The number of ether oxygens (including phenoxy) is 1. The molecule has 0 unspecified atom stereocenters. The second-order valence-electron chi connectivity index (χ2n) is 4.95. The number of carbonyl (C=O) groups is 1. The van der Waals surface area contributed by atoms with Gasteiger partial charge in [0.25, 0.3) is 0 Å². The molecule has 0 bridgehead atoms. The van der Waals surface area contributed by atoms with E-state index in [1.54, 1.807) is 10.8 Å². The molecule has 2 N–H and O–H groups in total. The van der Waals surface area contributed by atoms with Crippen LogP contribution >= 0.6 is 0 Å². The monoisotopic (exact) mass is 294 g/mol. The predicted octanol–water partition coefficient (Wildman–Crippen LogP) is 2.21. The average molecular weight is 294 g/mol. The Morgan fingerprint density at radius 2 is 2.14 bits per heavy atom. The Balaban J connectivity index is 2.27. The summed E-state index contributed by atoms with van der Waals surface area (Å²) >= 11 is 0. The molecule has 6 heteroatoms. The van der Waals surface area contributed by atoms with Crippen LogP contribution in [0.1, 0.15) is 16.1 Å². The smallest absolute Gasteiger partial charge is 0.357 e. The Hall–Kier alpha value is -3.20. The summed E-state index contributed by atoms with van der Waals surface area (Å²) in [6, 6.07) is 9.75. The molecule has 6 nitrogen and oxygen atoms in total. The lowest BCUT2D eigenvalue weighted by atomic mass is 10.2. The van der Waals surface area contributed by atoms with Crippen LogP contribution in [0, 0.1) is 11.3 Å². The topological polar surface area (TPSA) is 86.0 Å². The third-order valence-electron chi connectivity index (χ3n) is 3.69. The van der Waals surface area contributed by atoms with Gasteiger partial charge in [-0.15, -0.1) is 0 Å². The number of aryl methyl sites for hydroxylation is 1. The molecule has 22 heavy (non-hydrogen) atoms. The van der Waals surface area contributed by atoms with Crippen LogP contribution < -0.4 is 5.73 Å². The van der Waals surface area contributed by atoms with Crippen molar-refractivity contribution in [1.29, 1.82) is 5.26 Å². The molecule has 3 rings (SSSR count). The highest BCUT2D eigenvalue weighted by atomic mass is 16.5. The van der Waals surface area contributed by atoms with Gasteiger partial charge in [-0.3, -0.25) is 0 Å². The second-order valence-corrected chi connectivity index (χ2v) is 4.95. The van der Waals surface area contributed by atoms with Crippen LogP contribution in [0.5, 0.6) is 0 Å². The van der Waals surface area contributed by atoms with Gasteiger partial charge in [0.2, 0.25) is 0 Å². The van der Waals surface area contributed by atoms with Crippen molar-refractivity contribution in [2.24, 2.45) is 7.05 Å². The minimum Gasteiger partial charge on any atom is -0.464 e. The molecule has 1 aromatic carbocycles. The number of anilines is 1. The first kappa shape index (κ1) is 13.8. The summed E-state index contributed by atoms with van der Waals surface area (Å²) in [5.41, 5.74) is 8.18. The summed E-state index contributed by atoms with van der Waals surface area (Å²) in [4.78, 5) is 12.0. The van der Waals surface area contributed by atoms with Crippen molar-refractivity contribution in [3.63, 3.8) is 0 Å². The number of nitrogen functional groups attached to an aromatic ring is 1. The lowest BCUT2D eigenvalue weighted by molar-refractivity contribution is 0.0593. The molecular formula is C16H14N4O2. The van der Waals surface area contributed by atoms with E-state index >= 15 is 0 Å². The molecular weight excluding hydrogens is 280 g/mol. The van der Waals surface area contributed by atoms with E-state index in [1.807, 2.05) is 48.1 Å². The normalized spacial score (nSPS) is 10.6. The number of methoxy groups -OCH3 is 1. The molecule has 0 aliphatic rings. The first-order chi connectivity index (χ1) is 10.6. The minimum absolute atomic E-state index is 0.126. The van der Waals surface area contributed by atoms with Crippen molar-refractivity contribution >= 4 is 22.6 Å². The Bertz CT molecular complexity index is 928. The highest BCUT2D eigenvalue weighted by Crippen LogP contribution is 2.26. The van der Waals surface area contributed by atoms with E-state index in [1.165, 1.54) is 7.11 Å². The zero-order valence-corrected chi connectivity index (χ0v) is 12.2. The number of nitrogens with two attached hydrogens (primary N) is 1. The van der Waals surface area contributed by atoms with Crippen molar-refractivity contribution < 1.29 is 9.53 Å². The molecule has 0 saturated heterocycles. The lowest BCUT2D eigenvalue weighted by Crippen LogP contribution is -2.11. The molecule has 0 atom stereocenters. The number of carbonyl (C=O) groups excluding carboxylic acids is 1. The van der Waals surface area contributed by atoms with E-state index < -0.39 is 5.97 Å². The van der Waals surface area contributed by atoms with Crippen molar-refractivity contribution in [2.45, 2.75) is 0 Å². The molecule has 2 heterocycles. The number of hydrogen-bond acceptors (Lipinski definition) is 4. The maximum absolute atomic E-state index is 12.0.